The topological polar surface area (TPSA) is 49.4 Å². The van der Waals surface area contributed by atoms with E-state index in [4.69, 9.17) is 0 Å². The number of likely N-dealkylation sites (tertiary alicyclic amines) is 1. The molecule has 1 atom stereocenters. The Balaban J connectivity index is 1.77. The lowest BCUT2D eigenvalue weighted by atomic mass is 9.92. The van der Waals surface area contributed by atoms with Crippen molar-refractivity contribution < 1.29 is 9.59 Å². The van der Waals surface area contributed by atoms with Crippen LogP contribution in [-0.4, -0.2) is 29.3 Å². The number of para-hydroxylation sites is 1. The Morgan fingerprint density at radius 2 is 1.65 bits per heavy atom. The lowest BCUT2D eigenvalue weighted by Gasteiger charge is -2.24. The van der Waals surface area contributed by atoms with Gasteiger partial charge >= 0.3 is 0 Å². The van der Waals surface area contributed by atoms with Crippen LogP contribution < -0.4 is 5.32 Å². The SMILES string of the molecule is CC(C)c1cccc(C(C)C)c1NC(=O)[C@@H]1CC(=O)N(C2CCCC2)C1. The van der Waals surface area contributed by atoms with Crippen LogP contribution in [0, 0.1) is 5.92 Å². The summed E-state index contributed by atoms with van der Waals surface area (Å²) in [6.45, 7) is 9.17. The van der Waals surface area contributed by atoms with Crippen molar-refractivity contribution in [1.82, 2.24) is 4.90 Å². The second-order valence-electron chi connectivity index (χ2n) is 8.50. The van der Waals surface area contributed by atoms with E-state index in [1.165, 1.54) is 24.0 Å². The molecule has 2 fully saturated rings. The molecule has 3 rings (SSSR count). The lowest BCUT2D eigenvalue weighted by Crippen LogP contribution is -2.35. The molecule has 26 heavy (non-hydrogen) atoms. The van der Waals surface area contributed by atoms with E-state index in [2.05, 4.69) is 51.2 Å². The normalized spacial score (nSPS) is 21.2. The van der Waals surface area contributed by atoms with Gasteiger partial charge in [0.05, 0.1) is 5.92 Å². The van der Waals surface area contributed by atoms with Crippen LogP contribution in [0.15, 0.2) is 18.2 Å². The molecular formula is C22H32N2O2. The highest BCUT2D eigenvalue weighted by Gasteiger charge is 2.38. The van der Waals surface area contributed by atoms with E-state index in [-0.39, 0.29) is 17.7 Å². The molecule has 0 radical (unpaired) electrons. The minimum atomic E-state index is -0.233. The lowest BCUT2D eigenvalue weighted by molar-refractivity contribution is -0.129. The van der Waals surface area contributed by atoms with Gasteiger partial charge in [0, 0.05) is 24.7 Å². The highest BCUT2D eigenvalue weighted by molar-refractivity contribution is 5.98. The van der Waals surface area contributed by atoms with Crippen LogP contribution in [0.5, 0.6) is 0 Å². The first kappa shape index (κ1) is 18.9. The fourth-order valence-corrected chi connectivity index (χ4v) is 4.40. The monoisotopic (exact) mass is 356 g/mol. The van der Waals surface area contributed by atoms with Gasteiger partial charge in [0.25, 0.3) is 0 Å². The molecule has 0 unspecified atom stereocenters. The summed E-state index contributed by atoms with van der Waals surface area (Å²) in [5, 5.41) is 3.20. The summed E-state index contributed by atoms with van der Waals surface area (Å²) < 4.78 is 0. The predicted molar refractivity (Wildman–Crippen MR) is 105 cm³/mol. The third-order valence-corrected chi connectivity index (χ3v) is 5.92. The smallest absolute Gasteiger partial charge is 0.229 e. The Morgan fingerprint density at radius 1 is 1.08 bits per heavy atom. The molecule has 1 aliphatic carbocycles. The van der Waals surface area contributed by atoms with Gasteiger partial charge < -0.3 is 10.2 Å². The van der Waals surface area contributed by atoms with E-state index in [9.17, 15) is 9.59 Å². The molecule has 1 aliphatic heterocycles. The molecule has 142 valence electrons. The maximum atomic E-state index is 13.0. The zero-order chi connectivity index (χ0) is 18.8. The van der Waals surface area contributed by atoms with Gasteiger partial charge in [0.15, 0.2) is 0 Å². The van der Waals surface area contributed by atoms with E-state index >= 15 is 0 Å². The number of hydrogen-bond donors (Lipinski definition) is 1. The largest absolute Gasteiger partial charge is 0.339 e. The molecule has 2 amide bonds. The highest BCUT2D eigenvalue weighted by Crippen LogP contribution is 2.34. The van der Waals surface area contributed by atoms with Crippen LogP contribution in [-0.2, 0) is 9.59 Å². The van der Waals surface area contributed by atoms with Gasteiger partial charge in [-0.05, 0) is 35.8 Å². The molecule has 1 heterocycles. The summed E-state index contributed by atoms with van der Waals surface area (Å²) in [7, 11) is 0. The van der Waals surface area contributed by atoms with Crippen molar-refractivity contribution in [2.24, 2.45) is 5.92 Å². The van der Waals surface area contributed by atoms with Crippen molar-refractivity contribution in [2.75, 3.05) is 11.9 Å². The summed E-state index contributed by atoms with van der Waals surface area (Å²) in [5.41, 5.74) is 3.29. The van der Waals surface area contributed by atoms with Crippen molar-refractivity contribution in [3.05, 3.63) is 29.3 Å². The van der Waals surface area contributed by atoms with Crippen molar-refractivity contribution in [1.29, 1.82) is 0 Å². The van der Waals surface area contributed by atoms with E-state index in [0.717, 1.165) is 18.5 Å². The van der Waals surface area contributed by atoms with Crippen molar-refractivity contribution in [3.63, 3.8) is 0 Å². The average Bonchev–Trinajstić information content (AvgIpc) is 3.23. The fraction of sp³-hybridized carbons (Fsp3) is 0.636. The molecule has 0 spiro atoms. The molecule has 1 saturated carbocycles. The quantitative estimate of drug-likeness (QED) is 0.834. The molecule has 0 bridgehead atoms. The van der Waals surface area contributed by atoms with Gasteiger partial charge in [-0.1, -0.05) is 58.7 Å². The van der Waals surface area contributed by atoms with Crippen LogP contribution in [0.1, 0.15) is 82.8 Å². The Labute approximate surface area is 157 Å². The second-order valence-corrected chi connectivity index (χ2v) is 8.50. The molecule has 1 aromatic rings. The molecule has 1 N–H and O–H groups in total. The number of anilines is 1. The van der Waals surface area contributed by atoms with Crippen molar-refractivity contribution in [3.8, 4) is 0 Å². The number of nitrogens with zero attached hydrogens (tertiary/aromatic N) is 1. The maximum Gasteiger partial charge on any atom is 0.229 e. The van der Waals surface area contributed by atoms with Crippen molar-refractivity contribution in [2.45, 2.75) is 77.7 Å². The number of benzene rings is 1. The second kappa shape index (κ2) is 7.81. The fourth-order valence-electron chi connectivity index (χ4n) is 4.40. The van der Waals surface area contributed by atoms with Gasteiger partial charge in [-0.25, -0.2) is 0 Å². The molecule has 4 nitrogen and oxygen atoms in total. The zero-order valence-corrected chi connectivity index (χ0v) is 16.5. The van der Waals surface area contributed by atoms with Crippen LogP contribution >= 0.6 is 0 Å². The van der Waals surface area contributed by atoms with Gasteiger partial charge in [-0.15, -0.1) is 0 Å². The Morgan fingerprint density at radius 3 is 2.19 bits per heavy atom. The molecule has 1 aromatic carbocycles. The summed E-state index contributed by atoms with van der Waals surface area (Å²) in [6.07, 6.45) is 4.93. The van der Waals surface area contributed by atoms with Crippen LogP contribution in [0.4, 0.5) is 5.69 Å². The highest BCUT2D eigenvalue weighted by atomic mass is 16.2. The molecule has 2 aliphatic rings. The van der Waals surface area contributed by atoms with Crippen LogP contribution in [0.3, 0.4) is 0 Å². The summed E-state index contributed by atoms with van der Waals surface area (Å²) in [5.74, 6) is 0.587. The Hall–Kier alpha value is -1.84. The third-order valence-electron chi connectivity index (χ3n) is 5.92. The van der Waals surface area contributed by atoms with E-state index in [0.29, 0.717) is 30.8 Å². The number of amides is 2. The van der Waals surface area contributed by atoms with E-state index in [1.54, 1.807) is 0 Å². The number of nitrogens with one attached hydrogen (secondary N) is 1. The molecular weight excluding hydrogens is 324 g/mol. The first-order valence-corrected chi connectivity index (χ1v) is 10.1. The number of hydrogen-bond acceptors (Lipinski definition) is 2. The summed E-state index contributed by atoms with van der Waals surface area (Å²) in [6, 6.07) is 6.61. The average molecular weight is 357 g/mol. The number of carbonyl (C=O) groups is 2. The minimum absolute atomic E-state index is 0.00570. The molecule has 4 heteroatoms. The standard InChI is InChI=1S/C22H32N2O2/c1-14(2)18-10-7-11-19(15(3)4)21(18)23-22(26)16-12-20(25)24(13-16)17-8-5-6-9-17/h7,10-11,14-17H,5-6,8-9,12-13H2,1-4H3,(H,23,26)/t16-/m1/s1. The first-order chi connectivity index (χ1) is 12.4. The number of rotatable bonds is 5. The van der Waals surface area contributed by atoms with Gasteiger partial charge in [0.1, 0.15) is 0 Å². The Bertz CT molecular complexity index is 648. The van der Waals surface area contributed by atoms with Gasteiger partial charge in [-0.2, -0.15) is 0 Å². The van der Waals surface area contributed by atoms with Gasteiger partial charge in [-0.3, -0.25) is 9.59 Å². The minimum Gasteiger partial charge on any atom is -0.339 e. The van der Waals surface area contributed by atoms with E-state index in [1.807, 2.05) is 4.90 Å². The summed E-state index contributed by atoms with van der Waals surface area (Å²) in [4.78, 5) is 27.4. The predicted octanol–water partition coefficient (Wildman–Crippen LogP) is 4.66. The third kappa shape index (κ3) is 3.79. The van der Waals surface area contributed by atoms with Crippen molar-refractivity contribution >= 4 is 17.5 Å². The summed E-state index contributed by atoms with van der Waals surface area (Å²) >= 11 is 0. The van der Waals surface area contributed by atoms with Crippen LogP contribution in [0.2, 0.25) is 0 Å². The first-order valence-electron chi connectivity index (χ1n) is 10.1. The molecule has 0 aromatic heterocycles. The van der Waals surface area contributed by atoms with Gasteiger partial charge in [0.2, 0.25) is 11.8 Å². The molecule has 1 saturated heterocycles. The van der Waals surface area contributed by atoms with Crippen LogP contribution in [0.25, 0.3) is 0 Å². The van der Waals surface area contributed by atoms with E-state index < -0.39 is 0 Å². The zero-order valence-electron chi connectivity index (χ0n) is 16.5. The maximum absolute atomic E-state index is 13.0. The Kier molecular flexibility index (Phi) is 5.69. The number of carbonyl (C=O) groups excluding carboxylic acids is 2.